The Labute approximate surface area is 164 Å². The van der Waals surface area contributed by atoms with Gasteiger partial charge in [-0.3, -0.25) is 9.69 Å². The number of nitrogens with zero attached hydrogens (tertiary/aromatic N) is 2. The molecule has 3 rings (SSSR count). The molecule has 2 heterocycles. The lowest BCUT2D eigenvalue weighted by Gasteiger charge is -2.34. The summed E-state index contributed by atoms with van der Waals surface area (Å²) >= 11 is 1.23. The number of carbonyl (C=O) groups excluding carboxylic acids is 1. The van der Waals surface area contributed by atoms with Crippen LogP contribution in [0.25, 0.3) is 0 Å². The number of amides is 1. The minimum Gasteiger partial charge on any atom is -0.352 e. The first-order chi connectivity index (χ1) is 12.9. The Kier molecular flexibility index (Phi) is 6.31. The standard InChI is InChI=1S/C19H25N3O3S2/c1-3-20-19(23)17-13-18(15(2)26-17)27(24,25)22-11-9-21(10-12-22)14-16-7-5-4-6-8-16/h4-8,13H,3,9-12,14H2,1-2H3,(H,20,23). The second-order valence-corrected chi connectivity index (χ2v) is 9.72. The predicted molar refractivity (Wildman–Crippen MR) is 108 cm³/mol. The molecule has 2 aromatic rings. The van der Waals surface area contributed by atoms with Crippen LogP contribution in [0.2, 0.25) is 0 Å². The highest BCUT2D eigenvalue weighted by molar-refractivity contribution is 7.89. The number of aryl methyl sites for hydroxylation is 1. The zero-order valence-electron chi connectivity index (χ0n) is 15.6. The van der Waals surface area contributed by atoms with Gasteiger partial charge in [0.05, 0.1) is 9.77 Å². The van der Waals surface area contributed by atoms with Gasteiger partial charge in [-0.25, -0.2) is 8.42 Å². The zero-order valence-corrected chi connectivity index (χ0v) is 17.3. The van der Waals surface area contributed by atoms with Crippen molar-refractivity contribution in [3.05, 3.63) is 51.7 Å². The van der Waals surface area contributed by atoms with Crippen molar-refractivity contribution >= 4 is 27.3 Å². The molecule has 0 spiro atoms. The number of hydrogen-bond acceptors (Lipinski definition) is 5. The monoisotopic (exact) mass is 407 g/mol. The van der Waals surface area contributed by atoms with Gasteiger partial charge >= 0.3 is 0 Å². The highest BCUT2D eigenvalue weighted by Gasteiger charge is 2.31. The van der Waals surface area contributed by atoms with Gasteiger partial charge in [0.2, 0.25) is 10.0 Å². The van der Waals surface area contributed by atoms with Gasteiger partial charge in [-0.05, 0) is 25.5 Å². The molecule has 0 unspecified atom stereocenters. The average molecular weight is 408 g/mol. The van der Waals surface area contributed by atoms with Crippen molar-refractivity contribution in [1.29, 1.82) is 0 Å². The molecule has 1 aliphatic rings. The van der Waals surface area contributed by atoms with Gasteiger partial charge < -0.3 is 5.32 Å². The van der Waals surface area contributed by atoms with Crippen LogP contribution < -0.4 is 5.32 Å². The number of rotatable bonds is 6. The van der Waals surface area contributed by atoms with E-state index in [0.29, 0.717) is 42.5 Å². The zero-order chi connectivity index (χ0) is 19.4. The Morgan fingerprint density at radius 3 is 2.44 bits per heavy atom. The molecule has 1 amide bonds. The van der Waals surface area contributed by atoms with Crippen LogP contribution in [0.5, 0.6) is 0 Å². The van der Waals surface area contributed by atoms with E-state index in [1.807, 2.05) is 25.1 Å². The molecular weight excluding hydrogens is 382 g/mol. The molecule has 1 aromatic carbocycles. The molecule has 1 N–H and O–H groups in total. The van der Waals surface area contributed by atoms with Gasteiger partial charge in [0.15, 0.2) is 0 Å². The predicted octanol–water partition coefficient (Wildman–Crippen LogP) is 2.31. The molecule has 0 aliphatic carbocycles. The fourth-order valence-electron chi connectivity index (χ4n) is 3.19. The highest BCUT2D eigenvalue weighted by Crippen LogP contribution is 2.29. The molecule has 1 fully saturated rings. The number of carbonyl (C=O) groups is 1. The summed E-state index contributed by atoms with van der Waals surface area (Å²) in [6.45, 7) is 7.24. The van der Waals surface area contributed by atoms with Gasteiger partial charge in [0, 0.05) is 44.1 Å². The lowest BCUT2D eigenvalue weighted by atomic mass is 10.2. The van der Waals surface area contributed by atoms with E-state index < -0.39 is 10.0 Å². The van der Waals surface area contributed by atoms with E-state index in [-0.39, 0.29) is 10.8 Å². The normalized spacial score (nSPS) is 16.4. The van der Waals surface area contributed by atoms with Crippen LogP contribution in [-0.2, 0) is 16.6 Å². The Hall–Kier alpha value is -1.74. The summed E-state index contributed by atoms with van der Waals surface area (Å²) < 4.78 is 27.6. The summed E-state index contributed by atoms with van der Waals surface area (Å²) in [6.07, 6.45) is 0. The van der Waals surface area contributed by atoms with Crippen LogP contribution in [0.1, 0.15) is 27.0 Å². The summed E-state index contributed by atoms with van der Waals surface area (Å²) in [4.78, 5) is 15.6. The Balaban J connectivity index is 1.67. The van der Waals surface area contributed by atoms with E-state index in [1.165, 1.54) is 27.3 Å². The maximum atomic E-state index is 13.0. The number of thiophene rings is 1. The quantitative estimate of drug-likeness (QED) is 0.798. The van der Waals surface area contributed by atoms with Crippen molar-refractivity contribution in [2.45, 2.75) is 25.3 Å². The number of sulfonamides is 1. The van der Waals surface area contributed by atoms with Crippen LogP contribution in [0, 0.1) is 6.92 Å². The summed E-state index contributed by atoms with van der Waals surface area (Å²) in [5, 5.41) is 2.72. The Bertz CT molecular complexity index is 886. The van der Waals surface area contributed by atoms with Gasteiger partial charge in [-0.15, -0.1) is 11.3 Å². The third-order valence-electron chi connectivity index (χ3n) is 4.63. The first-order valence-corrected chi connectivity index (χ1v) is 11.3. The van der Waals surface area contributed by atoms with E-state index in [9.17, 15) is 13.2 Å². The molecule has 6 nitrogen and oxygen atoms in total. The smallest absolute Gasteiger partial charge is 0.261 e. The lowest BCUT2D eigenvalue weighted by molar-refractivity contribution is 0.0959. The fraction of sp³-hybridized carbons (Fsp3) is 0.421. The van der Waals surface area contributed by atoms with Crippen molar-refractivity contribution in [3.63, 3.8) is 0 Å². The lowest BCUT2D eigenvalue weighted by Crippen LogP contribution is -2.48. The second-order valence-electron chi connectivity index (χ2n) is 6.56. The van der Waals surface area contributed by atoms with Gasteiger partial charge in [0.1, 0.15) is 0 Å². The topological polar surface area (TPSA) is 69.7 Å². The van der Waals surface area contributed by atoms with Crippen LogP contribution >= 0.6 is 11.3 Å². The number of benzene rings is 1. The molecule has 27 heavy (non-hydrogen) atoms. The van der Waals surface area contributed by atoms with Crippen LogP contribution in [0.15, 0.2) is 41.3 Å². The van der Waals surface area contributed by atoms with Crippen molar-refractivity contribution in [2.75, 3.05) is 32.7 Å². The first-order valence-electron chi connectivity index (χ1n) is 9.07. The molecule has 0 atom stereocenters. The Morgan fingerprint density at radius 2 is 1.81 bits per heavy atom. The molecule has 1 aromatic heterocycles. The van der Waals surface area contributed by atoms with Gasteiger partial charge in [0.25, 0.3) is 5.91 Å². The summed E-state index contributed by atoms with van der Waals surface area (Å²) in [5.74, 6) is -0.222. The maximum Gasteiger partial charge on any atom is 0.261 e. The van der Waals surface area contributed by atoms with Crippen LogP contribution in [0.4, 0.5) is 0 Å². The first kappa shape index (κ1) is 20.0. The molecule has 1 aliphatic heterocycles. The molecule has 146 valence electrons. The van der Waals surface area contributed by atoms with Crippen LogP contribution in [-0.4, -0.2) is 56.3 Å². The van der Waals surface area contributed by atoms with E-state index in [0.717, 1.165) is 6.54 Å². The number of nitrogens with one attached hydrogen (secondary N) is 1. The van der Waals surface area contributed by atoms with E-state index in [2.05, 4.69) is 22.3 Å². The molecule has 0 radical (unpaired) electrons. The van der Waals surface area contributed by atoms with Gasteiger partial charge in [-0.1, -0.05) is 30.3 Å². The maximum absolute atomic E-state index is 13.0. The van der Waals surface area contributed by atoms with E-state index in [1.54, 1.807) is 6.92 Å². The second kappa shape index (κ2) is 8.52. The third-order valence-corrected chi connectivity index (χ3v) is 7.83. The molecule has 0 bridgehead atoms. The minimum absolute atomic E-state index is 0.222. The van der Waals surface area contributed by atoms with Crippen LogP contribution in [0.3, 0.4) is 0 Å². The molecular formula is C19H25N3O3S2. The largest absolute Gasteiger partial charge is 0.352 e. The molecule has 8 heteroatoms. The van der Waals surface area contributed by atoms with Crippen molar-refractivity contribution in [3.8, 4) is 0 Å². The van der Waals surface area contributed by atoms with Crippen molar-refractivity contribution in [1.82, 2.24) is 14.5 Å². The Morgan fingerprint density at radius 1 is 1.15 bits per heavy atom. The highest BCUT2D eigenvalue weighted by atomic mass is 32.2. The van der Waals surface area contributed by atoms with E-state index in [4.69, 9.17) is 0 Å². The fourth-order valence-corrected chi connectivity index (χ4v) is 6.09. The van der Waals surface area contributed by atoms with Crippen molar-refractivity contribution < 1.29 is 13.2 Å². The SMILES string of the molecule is CCNC(=O)c1cc(S(=O)(=O)N2CCN(Cc3ccccc3)CC2)c(C)s1. The minimum atomic E-state index is -3.58. The number of hydrogen-bond donors (Lipinski definition) is 1. The average Bonchev–Trinajstić information content (AvgIpc) is 3.06. The van der Waals surface area contributed by atoms with Gasteiger partial charge in [-0.2, -0.15) is 4.31 Å². The number of piperazine rings is 1. The summed E-state index contributed by atoms with van der Waals surface area (Å²) in [5.41, 5.74) is 1.23. The molecule has 0 saturated carbocycles. The summed E-state index contributed by atoms with van der Waals surface area (Å²) in [7, 11) is -3.58. The van der Waals surface area contributed by atoms with E-state index >= 15 is 0 Å². The van der Waals surface area contributed by atoms with Crippen molar-refractivity contribution in [2.24, 2.45) is 0 Å². The molecule has 1 saturated heterocycles. The third kappa shape index (κ3) is 4.57. The summed E-state index contributed by atoms with van der Waals surface area (Å²) in [6, 6.07) is 11.7.